The Balaban J connectivity index is 1.57. The summed E-state index contributed by atoms with van der Waals surface area (Å²) in [6.07, 6.45) is -0.378. The largest absolute Gasteiger partial charge is 0.450 e. The maximum atomic E-state index is 12.9. The molecule has 2 heterocycles. The number of amides is 4. The molecule has 1 aromatic heterocycles. The van der Waals surface area contributed by atoms with E-state index in [9.17, 15) is 18.8 Å². The summed E-state index contributed by atoms with van der Waals surface area (Å²) in [7, 11) is 0. The van der Waals surface area contributed by atoms with Gasteiger partial charge in [0.25, 0.3) is 5.91 Å². The van der Waals surface area contributed by atoms with E-state index in [0.29, 0.717) is 49.0 Å². The molecule has 3 rings (SSSR count). The van der Waals surface area contributed by atoms with Gasteiger partial charge in [0.1, 0.15) is 10.7 Å². The fourth-order valence-corrected chi connectivity index (χ4v) is 3.82. The number of urea groups is 1. The number of nitrogens with one attached hydrogen (secondary N) is 2. The van der Waals surface area contributed by atoms with Gasteiger partial charge in [-0.05, 0) is 38.1 Å². The molecular weight excluding hydrogens is 413 g/mol. The zero-order chi connectivity index (χ0) is 21.7. The average Bonchev–Trinajstić information content (AvgIpc) is 3.09. The molecule has 2 N–H and O–H groups in total. The van der Waals surface area contributed by atoms with Gasteiger partial charge >= 0.3 is 12.1 Å². The molecule has 30 heavy (non-hydrogen) atoms. The molecule has 0 aliphatic carbocycles. The monoisotopic (exact) mass is 435 g/mol. The first-order valence-electron chi connectivity index (χ1n) is 9.39. The second kappa shape index (κ2) is 9.53. The molecule has 11 heteroatoms. The van der Waals surface area contributed by atoms with Gasteiger partial charge in [0.05, 0.1) is 12.3 Å². The maximum Gasteiger partial charge on any atom is 0.409 e. The number of rotatable bonds is 4. The van der Waals surface area contributed by atoms with Crippen LogP contribution < -0.4 is 10.6 Å². The lowest BCUT2D eigenvalue weighted by Crippen LogP contribution is -2.50. The van der Waals surface area contributed by atoms with Gasteiger partial charge in [0.15, 0.2) is 5.13 Å². The number of anilines is 2. The van der Waals surface area contributed by atoms with Gasteiger partial charge in [-0.25, -0.2) is 19.0 Å². The summed E-state index contributed by atoms with van der Waals surface area (Å²) in [6.45, 7) is 5.33. The van der Waals surface area contributed by atoms with Crippen molar-refractivity contribution in [3.8, 4) is 0 Å². The fourth-order valence-electron chi connectivity index (χ4n) is 2.89. The topological polar surface area (TPSA) is 104 Å². The number of nitrogens with zero attached hydrogens (tertiary/aromatic N) is 3. The van der Waals surface area contributed by atoms with E-state index in [0.717, 1.165) is 11.3 Å². The third kappa shape index (κ3) is 5.23. The Bertz CT molecular complexity index is 926. The first kappa shape index (κ1) is 21.5. The first-order chi connectivity index (χ1) is 14.4. The summed E-state index contributed by atoms with van der Waals surface area (Å²) in [5.74, 6) is -0.594. The summed E-state index contributed by atoms with van der Waals surface area (Å²) >= 11 is 1.08. The molecule has 1 aliphatic heterocycles. The molecular formula is C19H22FN5O4S. The van der Waals surface area contributed by atoms with Crippen LogP contribution in [0, 0.1) is 12.7 Å². The minimum atomic E-state index is -0.544. The smallest absolute Gasteiger partial charge is 0.409 e. The van der Waals surface area contributed by atoms with E-state index in [1.165, 1.54) is 24.3 Å². The van der Waals surface area contributed by atoms with Crippen LogP contribution in [0.4, 0.5) is 24.8 Å². The zero-order valence-electron chi connectivity index (χ0n) is 16.6. The lowest BCUT2D eigenvalue weighted by atomic mass is 10.3. The van der Waals surface area contributed by atoms with Crippen LogP contribution in [0.1, 0.15) is 22.3 Å². The number of ether oxygens (including phenoxy) is 1. The van der Waals surface area contributed by atoms with Crippen molar-refractivity contribution in [2.45, 2.75) is 13.8 Å². The number of hydrogen-bond acceptors (Lipinski definition) is 6. The van der Waals surface area contributed by atoms with Gasteiger partial charge < -0.3 is 19.9 Å². The molecule has 9 nitrogen and oxygen atoms in total. The molecule has 0 radical (unpaired) electrons. The molecule has 160 valence electrons. The Hall–Kier alpha value is -3.21. The second-order valence-electron chi connectivity index (χ2n) is 6.50. The normalized spacial score (nSPS) is 13.7. The van der Waals surface area contributed by atoms with Crippen LogP contribution in [0.15, 0.2) is 24.3 Å². The van der Waals surface area contributed by atoms with Gasteiger partial charge in [0.2, 0.25) is 0 Å². The van der Waals surface area contributed by atoms with Crippen molar-refractivity contribution in [2.24, 2.45) is 0 Å². The number of hydrogen-bond donors (Lipinski definition) is 2. The van der Waals surface area contributed by atoms with Crippen LogP contribution in [-0.2, 0) is 4.74 Å². The number of piperazine rings is 1. The van der Waals surface area contributed by atoms with Gasteiger partial charge in [-0.15, -0.1) is 0 Å². The standard InChI is InChI=1S/C19H22FN5O4S/c1-3-29-19(28)25-10-8-24(9-11-25)16(26)15-12(2)21-18(30-15)23-17(27)22-14-6-4-13(20)5-7-14/h4-7H,3,8-11H2,1-2H3,(H2,21,22,23,27). The van der Waals surface area contributed by atoms with Crippen molar-refractivity contribution in [3.63, 3.8) is 0 Å². The Morgan fingerprint density at radius 2 is 1.73 bits per heavy atom. The molecule has 1 aromatic carbocycles. The Morgan fingerprint density at radius 3 is 2.37 bits per heavy atom. The number of aromatic nitrogens is 1. The summed E-state index contributed by atoms with van der Waals surface area (Å²) in [5.41, 5.74) is 0.938. The number of thiazole rings is 1. The first-order valence-corrected chi connectivity index (χ1v) is 10.2. The lowest BCUT2D eigenvalue weighted by molar-refractivity contribution is 0.0573. The molecule has 0 bridgehead atoms. The predicted molar refractivity (Wildman–Crippen MR) is 110 cm³/mol. The van der Waals surface area contributed by atoms with Crippen LogP contribution in [-0.4, -0.2) is 65.6 Å². The second-order valence-corrected chi connectivity index (χ2v) is 7.50. The van der Waals surface area contributed by atoms with Gasteiger partial charge in [-0.1, -0.05) is 11.3 Å². The van der Waals surface area contributed by atoms with Crippen LogP contribution in [0.2, 0.25) is 0 Å². The van der Waals surface area contributed by atoms with E-state index in [-0.39, 0.29) is 17.1 Å². The summed E-state index contributed by atoms with van der Waals surface area (Å²) in [5, 5.41) is 5.43. The van der Waals surface area contributed by atoms with E-state index in [2.05, 4.69) is 15.6 Å². The van der Waals surface area contributed by atoms with Crippen molar-refractivity contribution in [3.05, 3.63) is 40.7 Å². The van der Waals surface area contributed by atoms with Gasteiger partial charge in [0, 0.05) is 31.9 Å². The molecule has 2 aromatic rings. The SMILES string of the molecule is CCOC(=O)N1CCN(C(=O)c2sc(NC(=O)Nc3ccc(F)cc3)nc2C)CC1. The highest BCUT2D eigenvalue weighted by molar-refractivity contribution is 7.17. The summed E-state index contributed by atoms with van der Waals surface area (Å²) < 4.78 is 17.9. The van der Waals surface area contributed by atoms with E-state index in [1.807, 2.05) is 0 Å². The number of aryl methyl sites for hydroxylation is 1. The average molecular weight is 435 g/mol. The molecule has 0 atom stereocenters. The predicted octanol–water partition coefficient (Wildman–Crippen LogP) is 3.15. The third-order valence-corrected chi connectivity index (χ3v) is 5.47. The molecule has 0 spiro atoms. The minimum absolute atomic E-state index is 0.194. The molecule has 1 fully saturated rings. The summed E-state index contributed by atoms with van der Waals surface area (Å²) in [6, 6.07) is 4.81. The van der Waals surface area contributed by atoms with Crippen LogP contribution in [0.25, 0.3) is 0 Å². The van der Waals surface area contributed by atoms with Crippen molar-refractivity contribution < 1.29 is 23.5 Å². The van der Waals surface area contributed by atoms with Crippen molar-refractivity contribution in [2.75, 3.05) is 43.4 Å². The van der Waals surface area contributed by atoms with E-state index < -0.39 is 11.8 Å². The number of carbonyl (C=O) groups is 3. The van der Waals surface area contributed by atoms with Gasteiger partial charge in [-0.2, -0.15) is 0 Å². The summed E-state index contributed by atoms with van der Waals surface area (Å²) in [4.78, 5) is 44.6. The highest BCUT2D eigenvalue weighted by Crippen LogP contribution is 2.25. The molecule has 1 aliphatic rings. The zero-order valence-corrected chi connectivity index (χ0v) is 17.4. The van der Waals surface area contributed by atoms with Crippen LogP contribution >= 0.6 is 11.3 Å². The van der Waals surface area contributed by atoms with Crippen molar-refractivity contribution in [1.29, 1.82) is 0 Å². The van der Waals surface area contributed by atoms with E-state index in [4.69, 9.17) is 4.74 Å². The molecule has 0 unspecified atom stereocenters. The van der Waals surface area contributed by atoms with Crippen molar-refractivity contribution >= 4 is 40.2 Å². The number of carbonyl (C=O) groups excluding carboxylic acids is 3. The van der Waals surface area contributed by atoms with Crippen LogP contribution in [0.5, 0.6) is 0 Å². The lowest BCUT2D eigenvalue weighted by Gasteiger charge is -2.33. The highest BCUT2D eigenvalue weighted by Gasteiger charge is 2.28. The fraction of sp³-hybridized carbons (Fsp3) is 0.368. The number of benzene rings is 1. The Morgan fingerprint density at radius 1 is 1.10 bits per heavy atom. The molecule has 1 saturated heterocycles. The maximum absolute atomic E-state index is 12.9. The Labute approximate surface area is 176 Å². The van der Waals surface area contributed by atoms with Crippen molar-refractivity contribution in [1.82, 2.24) is 14.8 Å². The third-order valence-electron chi connectivity index (χ3n) is 4.41. The number of halogens is 1. The molecule has 0 saturated carbocycles. The molecule has 4 amide bonds. The van der Waals surface area contributed by atoms with E-state index >= 15 is 0 Å². The van der Waals surface area contributed by atoms with Crippen LogP contribution in [0.3, 0.4) is 0 Å². The Kier molecular flexibility index (Phi) is 6.83. The minimum Gasteiger partial charge on any atom is -0.450 e. The van der Waals surface area contributed by atoms with Gasteiger partial charge in [-0.3, -0.25) is 10.1 Å². The highest BCUT2D eigenvalue weighted by atomic mass is 32.1. The quantitative estimate of drug-likeness (QED) is 0.768. The van der Waals surface area contributed by atoms with E-state index in [1.54, 1.807) is 23.6 Å².